The van der Waals surface area contributed by atoms with Crippen molar-refractivity contribution in [2.24, 2.45) is 0 Å². The van der Waals surface area contributed by atoms with E-state index in [1.54, 1.807) is 6.07 Å². The maximum Gasteiger partial charge on any atom is 0.163 e. The lowest BCUT2D eigenvalue weighted by atomic mass is 9.97. The molecule has 1 N–H and O–H groups in total. The molecule has 0 aliphatic carbocycles. The fraction of sp³-hybridized carbons (Fsp3) is 0.294. The Morgan fingerprint density at radius 1 is 1.14 bits per heavy atom. The van der Waals surface area contributed by atoms with Crippen LogP contribution in [0.5, 0.6) is 0 Å². The summed E-state index contributed by atoms with van der Waals surface area (Å²) in [6.07, 6.45) is 0.886. The summed E-state index contributed by atoms with van der Waals surface area (Å²) >= 11 is 6.29. The summed E-state index contributed by atoms with van der Waals surface area (Å²) in [7, 11) is 0. The lowest BCUT2D eigenvalue weighted by molar-refractivity contribution is 0.480. The monoisotopic (exact) mass is 309 g/mol. The van der Waals surface area contributed by atoms with Gasteiger partial charge in [0.2, 0.25) is 0 Å². The van der Waals surface area contributed by atoms with Gasteiger partial charge in [-0.05, 0) is 43.1 Å². The van der Waals surface area contributed by atoms with Crippen molar-refractivity contribution in [3.05, 3.63) is 69.7 Å². The molecule has 1 nitrogen and oxygen atoms in total. The lowest BCUT2D eigenvalue weighted by Gasteiger charge is -2.21. The van der Waals surface area contributed by atoms with E-state index in [4.69, 9.17) is 11.6 Å². The fourth-order valence-corrected chi connectivity index (χ4v) is 2.63. The molecule has 0 amide bonds. The number of nitrogens with one attached hydrogen (secondary N) is 1. The van der Waals surface area contributed by atoms with Crippen LogP contribution in [0, 0.1) is 18.6 Å². The van der Waals surface area contributed by atoms with Crippen LogP contribution in [-0.4, -0.2) is 6.54 Å². The molecule has 0 aromatic heterocycles. The van der Waals surface area contributed by atoms with Crippen LogP contribution in [0.2, 0.25) is 5.02 Å². The first-order chi connectivity index (χ1) is 10.0. The van der Waals surface area contributed by atoms with Crippen LogP contribution >= 0.6 is 11.6 Å². The van der Waals surface area contributed by atoms with Gasteiger partial charge in [0.05, 0.1) is 6.04 Å². The van der Waals surface area contributed by atoms with E-state index in [1.807, 2.05) is 32.0 Å². The number of aryl methyl sites for hydroxylation is 1. The molecule has 0 radical (unpaired) electrons. The maximum absolute atomic E-state index is 14.1. The van der Waals surface area contributed by atoms with E-state index in [2.05, 4.69) is 5.32 Å². The molecular weight excluding hydrogens is 292 g/mol. The van der Waals surface area contributed by atoms with Crippen LogP contribution in [-0.2, 0) is 0 Å². The highest BCUT2D eigenvalue weighted by Gasteiger charge is 2.21. The highest BCUT2D eigenvalue weighted by Crippen LogP contribution is 2.31. The first-order valence-corrected chi connectivity index (χ1v) is 7.35. The van der Waals surface area contributed by atoms with Crippen molar-refractivity contribution in [1.29, 1.82) is 0 Å². The van der Waals surface area contributed by atoms with Gasteiger partial charge in [-0.25, -0.2) is 8.78 Å². The van der Waals surface area contributed by atoms with Gasteiger partial charge in [0.25, 0.3) is 0 Å². The van der Waals surface area contributed by atoms with E-state index in [9.17, 15) is 8.78 Å². The van der Waals surface area contributed by atoms with Crippen molar-refractivity contribution >= 4 is 11.6 Å². The van der Waals surface area contributed by atoms with Gasteiger partial charge in [0.1, 0.15) is 0 Å². The molecule has 0 aliphatic heterocycles. The topological polar surface area (TPSA) is 12.0 Å². The molecule has 0 saturated carbocycles. The summed E-state index contributed by atoms with van der Waals surface area (Å²) in [4.78, 5) is 0. The molecule has 1 unspecified atom stereocenters. The van der Waals surface area contributed by atoms with Crippen molar-refractivity contribution < 1.29 is 8.78 Å². The molecule has 2 aromatic carbocycles. The first-order valence-electron chi connectivity index (χ1n) is 6.98. The van der Waals surface area contributed by atoms with Crippen LogP contribution in [0.4, 0.5) is 8.78 Å². The molecule has 4 heteroatoms. The van der Waals surface area contributed by atoms with Gasteiger partial charge in [-0.3, -0.25) is 0 Å². The van der Waals surface area contributed by atoms with E-state index in [1.165, 1.54) is 6.07 Å². The molecule has 21 heavy (non-hydrogen) atoms. The van der Waals surface area contributed by atoms with Gasteiger partial charge in [-0.15, -0.1) is 0 Å². The Balaban J connectivity index is 2.49. The molecule has 0 spiro atoms. The Hall–Kier alpha value is -1.45. The van der Waals surface area contributed by atoms with Crippen molar-refractivity contribution in [3.8, 4) is 0 Å². The predicted octanol–water partition coefficient (Wildman–Crippen LogP) is 5.02. The Morgan fingerprint density at radius 3 is 2.57 bits per heavy atom. The van der Waals surface area contributed by atoms with Crippen LogP contribution in [0.3, 0.4) is 0 Å². The van der Waals surface area contributed by atoms with Crippen molar-refractivity contribution in [2.75, 3.05) is 6.54 Å². The van der Waals surface area contributed by atoms with Crippen molar-refractivity contribution in [3.63, 3.8) is 0 Å². The number of hydrogen-bond acceptors (Lipinski definition) is 1. The summed E-state index contributed by atoms with van der Waals surface area (Å²) in [6.45, 7) is 4.64. The first kappa shape index (κ1) is 15.9. The summed E-state index contributed by atoms with van der Waals surface area (Å²) in [5, 5.41) is 3.79. The lowest BCUT2D eigenvalue weighted by Crippen LogP contribution is -2.24. The van der Waals surface area contributed by atoms with Gasteiger partial charge in [0, 0.05) is 10.6 Å². The Morgan fingerprint density at radius 2 is 1.90 bits per heavy atom. The number of hydrogen-bond donors (Lipinski definition) is 1. The Kier molecular flexibility index (Phi) is 5.32. The van der Waals surface area contributed by atoms with Crippen LogP contribution in [0.1, 0.15) is 36.1 Å². The maximum atomic E-state index is 14.1. The molecule has 0 heterocycles. The zero-order chi connectivity index (χ0) is 15.4. The second kappa shape index (κ2) is 7.01. The normalized spacial score (nSPS) is 12.4. The third-order valence-corrected chi connectivity index (χ3v) is 3.69. The predicted molar refractivity (Wildman–Crippen MR) is 82.7 cm³/mol. The standard InChI is InChI=1S/C17H18ClF2N/c1-3-9-21-17(12-8-7-11(2)10-14(12)18)13-5-4-6-15(19)16(13)20/h4-8,10,17,21H,3,9H2,1-2H3. The van der Waals surface area contributed by atoms with Crippen molar-refractivity contribution in [1.82, 2.24) is 5.32 Å². The van der Waals surface area contributed by atoms with E-state index >= 15 is 0 Å². The summed E-state index contributed by atoms with van der Waals surface area (Å²) in [5.74, 6) is -1.68. The van der Waals surface area contributed by atoms with Gasteiger partial charge in [0.15, 0.2) is 11.6 Å². The minimum absolute atomic E-state index is 0.272. The third kappa shape index (κ3) is 3.60. The molecule has 2 rings (SSSR count). The third-order valence-electron chi connectivity index (χ3n) is 3.36. The van der Waals surface area contributed by atoms with Gasteiger partial charge < -0.3 is 5.32 Å². The number of halogens is 3. The highest BCUT2D eigenvalue weighted by atomic mass is 35.5. The molecule has 2 aromatic rings. The zero-order valence-corrected chi connectivity index (χ0v) is 12.8. The van der Waals surface area contributed by atoms with E-state index in [0.717, 1.165) is 23.6 Å². The van der Waals surface area contributed by atoms with Crippen LogP contribution in [0.15, 0.2) is 36.4 Å². The average molecular weight is 310 g/mol. The smallest absolute Gasteiger partial charge is 0.163 e. The van der Waals surface area contributed by atoms with E-state index in [-0.39, 0.29) is 5.56 Å². The van der Waals surface area contributed by atoms with Gasteiger partial charge in [-0.2, -0.15) is 0 Å². The molecule has 0 saturated heterocycles. The zero-order valence-electron chi connectivity index (χ0n) is 12.1. The summed E-state index contributed by atoms with van der Waals surface area (Å²) in [6, 6.07) is 9.35. The summed E-state index contributed by atoms with van der Waals surface area (Å²) < 4.78 is 27.6. The Bertz CT molecular complexity index is 628. The minimum atomic E-state index is -0.848. The van der Waals surface area contributed by atoms with Crippen LogP contribution in [0.25, 0.3) is 0 Å². The van der Waals surface area contributed by atoms with Crippen molar-refractivity contribution in [2.45, 2.75) is 26.3 Å². The van der Waals surface area contributed by atoms with Gasteiger partial charge >= 0.3 is 0 Å². The number of rotatable bonds is 5. The number of benzene rings is 2. The molecular formula is C17H18ClF2N. The molecule has 112 valence electrons. The largest absolute Gasteiger partial charge is 0.306 e. The Labute approximate surface area is 128 Å². The second-order valence-electron chi connectivity index (χ2n) is 5.06. The molecule has 1 atom stereocenters. The molecule has 0 aliphatic rings. The van der Waals surface area contributed by atoms with E-state index < -0.39 is 17.7 Å². The average Bonchev–Trinajstić information content (AvgIpc) is 2.45. The summed E-state index contributed by atoms with van der Waals surface area (Å²) in [5.41, 5.74) is 2.05. The molecule has 0 bridgehead atoms. The van der Waals surface area contributed by atoms with Gasteiger partial charge in [-0.1, -0.05) is 42.8 Å². The van der Waals surface area contributed by atoms with E-state index in [0.29, 0.717) is 11.6 Å². The second-order valence-corrected chi connectivity index (χ2v) is 5.46. The fourth-order valence-electron chi connectivity index (χ4n) is 2.29. The highest BCUT2D eigenvalue weighted by molar-refractivity contribution is 6.31. The minimum Gasteiger partial charge on any atom is -0.306 e. The quantitative estimate of drug-likeness (QED) is 0.818. The molecule has 0 fully saturated rings. The SMILES string of the molecule is CCCNC(c1ccc(C)cc1Cl)c1cccc(F)c1F. The van der Waals surface area contributed by atoms with Crippen LogP contribution < -0.4 is 5.32 Å².